The van der Waals surface area contributed by atoms with Crippen molar-refractivity contribution >= 4 is 42.3 Å². The quantitative estimate of drug-likeness (QED) is 0.183. The molecule has 4 atom stereocenters. The van der Waals surface area contributed by atoms with E-state index in [1.54, 1.807) is 0 Å². The van der Waals surface area contributed by atoms with Crippen LogP contribution in [0.4, 0.5) is 5.69 Å². The Balaban J connectivity index is 1.42. The van der Waals surface area contributed by atoms with E-state index in [1.165, 1.54) is 0 Å². The lowest BCUT2D eigenvalue weighted by molar-refractivity contribution is -0.117. The van der Waals surface area contributed by atoms with Gasteiger partial charge in [-0.3, -0.25) is 9.78 Å². The van der Waals surface area contributed by atoms with Gasteiger partial charge in [0, 0.05) is 53.5 Å². The van der Waals surface area contributed by atoms with Crippen molar-refractivity contribution in [3.05, 3.63) is 59.8 Å². The van der Waals surface area contributed by atoms with Gasteiger partial charge in [0.05, 0.1) is 23.5 Å². The third-order valence-electron chi connectivity index (χ3n) is 9.19. The Labute approximate surface area is 245 Å². The maximum absolute atomic E-state index is 13.1. The molecule has 0 radical (unpaired) electrons. The van der Waals surface area contributed by atoms with E-state index in [-0.39, 0.29) is 23.8 Å². The van der Waals surface area contributed by atoms with Crippen LogP contribution >= 0.6 is 11.6 Å². The minimum absolute atomic E-state index is 0.00701. The van der Waals surface area contributed by atoms with E-state index in [0.717, 1.165) is 40.2 Å². The Morgan fingerprint density at radius 2 is 1.70 bits per heavy atom. The predicted octanol–water partition coefficient (Wildman–Crippen LogP) is 7.55. The van der Waals surface area contributed by atoms with Crippen molar-refractivity contribution < 1.29 is 9.22 Å². The van der Waals surface area contributed by atoms with Gasteiger partial charge in [0.1, 0.15) is 5.82 Å². The van der Waals surface area contributed by atoms with Gasteiger partial charge in [-0.2, -0.15) is 0 Å². The predicted molar refractivity (Wildman–Crippen MR) is 166 cm³/mol. The number of Topliss-reactive ketones (excluding diaryl/α,β-unsaturated/α-hetero) is 1. The third-order valence-corrected chi connectivity index (χ3v) is 15.6. The van der Waals surface area contributed by atoms with E-state index < -0.39 is 8.32 Å². The van der Waals surface area contributed by atoms with Gasteiger partial charge in [-0.15, -0.1) is 11.6 Å². The van der Waals surface area contributed by atoms with Crippen molar-refractivity contribution in [2.24, 2.45) is 0 Å². The first-order chi connectivity index (χ1) is 19.0. The highest BCUT2D eigenvalue weighted by atomic mass is 35.5. The molecule has 8 heteroatoms. The highest BCUT2D eigenvalue weighted by Crippen LogP contribution is 2.53. The maximum Gasteiger partial charge on any atom is 0.200 e. The van der Waals surface area contributed by atoms with E-state index in [0.29, 0.717) is 41.4 Å². The van der Waals surface area contributed by atoms with Crippen LogP contribution in [0.5, 0.6) is 0 Å². The SMILES string of the molecule is Cc1ccnc([C@H]2C[C@@H]2c2ccc3ccc(N4C[C@@H](O[Si](C(C)C)(C(C)C)C(C)C)C[C@@H]4C(=O)CCl)cc3n2)n1. The molecule has 1 aliphatic heterocycles. The number of aromatic nitrogens is 3. The molecule has 1 aliphatic carbocycles. The summed E-state index contributed by atoms with van der Waals surface area (Å²) in [5, 5.41) is 1.09. The molecule has 40 heavy (non-hydrogen) atoms. The Morgan fingerprint density at radius 3 is 2.35 bits per heavy atom. The van der Waals surface area contributed by atoms with E-state index >= 15 is 0 Å². The van der Waals surface area contributed by atoms with Gasteiger partial charge in [0.2, 0.25) is 8.32 Å². The zero-order valence-electron chi connectivity index (χ0n) is 24.9. The second-order valence-electron chi connectivity index (χ2n) is 12.7. The number of rotatable bonds is 10. The smallest absolute Gasteiger partial charge is 0.200 e. The summed E-state index contributed by atoms with van der Waals surface area (Å²) in [6.45, 7) is 16.5. The minimum atomic E-state index is -2.09. The van der Waals surface area contributed by atoms with Gasteiger partial charge < -0.3 is 9.33 Å². The largest absolute Gasteiger partial charge is 0.411 e. The van der Waals surface area contributed by atoms with Crippen LogP contribution in [-0.4, -0.2) is 53.6 Å². The summed E-state index contributed by atoms with van der Waals surface area (Å²) in [6, 6.07) is 12.3. The van der Waals surface area contributed by atoms with Gasteiger partial charge in [-0.25, -0.2) is 9.97 Å². The zero-order valence-corrected chi connectivity index (χ0v) is 26.7. The summed E-state index contributed by atoms with van der Waals surface area (Å²) in [5.41, 5.74) is 5.50. The number of pyridine rings is 1. The fraction of sp³-hybridized carbons (Fsp3) is 0.562. The van der Waals surface area contributed by atoms with Gasteiger partial charge in [-0.05, 0) is 54.2 Å². The number of alkyl halides is 1. The molecule has 214 valence electrons. The van der Waals surface area contributed by atoms with Crippen LogP contribution in [0.1, 0.15) is 83.4 Å². The van der Waals surface area contributed by atoms with Crippen molar-refractivity contribution in [1.29, 1.82) is 0 Å². The average Bonchev–Trinajstić information content (AvgIpc) is 3.62. The van der Waals surface area contributed by atoms with Crippen LogP contribution in [0.2, 0.25) is 16.6 Å². The summed E-state index contributed by atoms with van der Waals surface area (Å²) in [4.78, 5) is 29.5. The number of carbonyl (C=O) groups excluding carboxylic acids is 1. The molecule has 1 aromatic carbocycles. The maximum atomic E-state index is 13.1. The molecule has 2 aromatic heterocycles. The number of carbonyl (C=O) groups is 1. The molecule has 3 aromatic rings. The topological polar surface area (TPSA) is 68.2 Å². The number of aryl methyl sites for hydroxylation is 1. The monoisotopic (exact) mass is 578 g/mol. The first kappa shape index (κ1) is 29.1. The summed E-state index contributed by atoms with van der Waals surface area (Å²) < 4.78 is 7.14. The molecule has 5 rings (SSSR count). The number of ketones is 1. The lowest BCUT2D eigenvalue weighted by Gasteiger charge is -2.44. The number of anilines is 1. The molecule has 0 bridgehead atoms. The van der Waals surface area contributed by atoms with Crippen LogP contribution in [-0.2, 0) is 9.22 Å². The normalized spacial score (nSPS) is 23.1. The standard InChI is InChI=1S/C32H43ClN4O2Si/c1-19(2)40(20(3)4,21(5)6)39-25-15-30(31(38)17-33)37(18-25)24-10-8-23-9-11-28(36-29(23)14-24)26-16-27(26)32-34-13-12-22(7)35-32/h8-14,19-21,25-27,30H,15-18H2,1-7H3/t25-,26-,27-,30+/m0/s1. The average molecular weight is 579 g/mol. The fourth-order valence-corrected chi connectivity index (χ4v) is 13.0. The summed E-state index contributed by atoms with van der Waals surface area (Å²) in [7, 11) is -2.09. The molecule has 0 amide bonds. The Hall–Kier alpha value is -2.35. The lowest BCUT2D eigenvalue weighted by Crippen LogP contribution is -2.50. The van der Waals surface area contributed by atoms with E-state index in [4.69, 9.17) is 21.0 Å². The molecule has 0 N–H and O–H groups in total. The number of benzene rings is 1. The molecule has 1 saturated heterocycles. The molecule has 2 aliphatic rings. The van der Waals surface area contributed by atoms with Crippen LogP contribution in [0.25, 0.3) is 10.9 Å². The van der Waals surface area contributed by atoms with Crippen molar-refractivity contribution in [3.8, 4) is 0 Å². The molecular formula is C32H43ClN4O2Si. The molecule has 2 fully saturated rings. The highest BCUT2D eigenvalue weighted by molar-refractivity contribution is 6.77. The molecule has 0 unspecified atom stereocenters. The Morgan fingerprint density at radius 1 is 1.00 bits per heavy atom. The number of fused-ring (bicyclic) bond motifs is 1. The number of nitrogens with zero attached hydrogens (tertiary/aromatic N) is 4. The summed E-state index contributed by atoms with van der Waals surface area (Å²) >= 11 is 6.12. The summed E-state index contributed by atoms with van der Waals surface area (Å²) in [5.74, 6) is 1.64. The second kappa shape index (κ2) is 11.5. The number of halogens is 1. The van der Waals surface area contributed by atoms with E-state index in [1.807, 2.05) is 19.2 Å². The van der Waals surface area contributed by atoms with Gasteiger partial charge in [-0.1, -0.05) is 53.7 Å². The molecule has 0 spiro atoms. The fourth-order valence-electron chi connectivity index (χ4n) is 7.22. The minimum Gasteiger partial charge on any atom is -0.411 e. The number of hydrogen-bond acceptors (Lipinski definition) is 6. The van der Waals surface area contributed by atoms with Gasteiger partial charge >= 0.3 is 0 Å². The van der Waals surface area contributed by atoms with Crippen molar-refractivity contribution in [1.82, 2.24) is 15.0 Å². The summed E-state index contributed by atoms with van der Waals surface area (Å²) in [6.07, 6.45) is 3.55. The van der Waals surface area contributed by atoms with Crippen LogP contribution in [0, 0.1) is 6.92 Å². The van der Waals surface area contributed by atoms with Crippen LogP contribution in [0.3, 0.4) is 0 Å². The first-order valence-electron chi connectivity index (χ1n) is 14.8. The number of hydrogen-bond donors (Lipinski definition) is 0. The third kappa shape index (κ3) is 5.45. The van der Waals surface area contributed by atoms with Crippen LogP contribution in [0.15, 0.2) is 42.6 Å². The van der Waals surface area contributed by atoms with Crippen molar-refractivity contribution in [2.45, 2.75) is 102 Å². The first-order valence-corrected chi connectivity index (χ1v) is 17.5. The molecule has 6 nitrogen and oxygen atoms in total. The highest BCUT2D eigenvalue weighted by Gasteiger charge is 2.49. The molecule has 1 saturated carbocycles. The zero-order chi connectivity index (χ0) is 28.8. The van der Waals surface area contributed by atoms with Crippen molar-refractivity contribution in [3.63, 3.8) is 0 Å². The van der Waals surface area contributed by atoms with E-state index in [2.05, 4.69) is 86.7 Å². The Kier molecular flexibility index (Phi) is 8.38. The molecule has 3 heterocycles. The van der Waals surface area contributed by atoms with Crippen molar-refractivity contribution in [2.75, 3.05) is 17.3 Å². The van der Waals surface area contributed by atoms with Crippen LogP contribution < -0.4 is 4.90 Å². The lowest BCUT2D eigenvalue weighted by atomic mass is 10.1. The second-order valence-corrected chi connectivity index (χ2v) is 18.4. The van der Waals surface area contributed by atoms with Gasteiger partial charge in [0.15, 0.2) is 5.78 Å². The molecular weight excluding hydrogens is 536 g/mol. The van der Waals surface area contributed by atoms with E-state index in [9.17, 15) is 4.79 Å². The van der Waals surface area contributed by atoms with Gasteiger partial charge in [0.25, 0.3) is 0 Å². The Bertz CT molecular complexity index is 1360.